The summed E-state index contributed by atoms with van der Waals surface area (Å²) in [5, 5.41) is 11.8. The molecule has 0 aliphatic carbocycles. The van der Waals surface area contributed by atoms with Crippen molar-refractivity contribution < 1.29 is 4.39 Å². The third kappa shape index (κ3) is 3.34. The molecule has 0 bridgehead atoms. The van der Waals surface area contributed by atoms with Gasteiger partial charge in [0, 0.05) is 28.7 Å². The summed E-state index contributed by atoms with van der Waals surface area (Å²) in [5.74, 6) is 0.138. The Kier molecular flexibility index (Phi) is 4.72. The molecule has 4 aromatic heterocycles. The molecule has 4 heterocycles. The number of nitrogens with one attached hydrogen (secondary N) is 2. The minimum Gasteiger partial charge on any atom is -0.336 e. The lowest BCUT2D eigenvalue weighted by Crippen LogP contribution is -1.86. The van der Waals surface area contributed by atoms with E-state index in [4.69, 9.17) is 4.98 Å². The highest BCUT2D eigenvalue weighted by molar-refractivity contribution is 7.08. The van der Waals surface area contributed by atoms with Crippen LogP contribution in [0.3, 0.4) is 0 Å². The maximum atomic E-state index is 14.8. The molecular weight excluding hydrogens is 413 g/mol. The molecule has 0 aliphatic heterocycles. The normalized spacial score (nSPS) is 12.4. The van der Waals surface area contributed by atoms with Gasteiger partial charge in [-0.3, -0.25) is 15.1 Å². The smallest absolute Gasteiger partial charge is 0.159 e. The largest absolute Gasteiger partial charge is 0.336 e. The van der Waals surface area contributed by atoms with Gasteiger partial charge in [-0.1, -0.05) is 0 Å². The van der Waals surface area contributed by atoms with Crippen LogP contribution in [0.5, 0.6) is 0 Å². The van der Waals surface area contributed by atoms with Crippen LogP contribution in [0.1, 0.15) is 12.5 Å². The van der Waals surface area contributed by atoms with E-state index in [2.05, 4.69) is 36.9 Å². The van der Waals surface area contributed by atoms with E-state index in [-0.39, 0.29) is 0 Å². The molecule has 31 heavy (non-hydrogen) atoms. The number of H-pyrrole nitrogens is 2. The summed E-state index contributed by atoms with van der Waals surface area (Å²) in [4.78, 5) is 20.1. The Balaban J connectivity index is 1.66. The van der Waals surface area contributed by atoms with Crippen molar-refractivity contribution in [3.05, 3.63) is 58.8 Å². The summed E-state index contributed by atoms with van der Waals surface area (Å²) in [7, 11) is 0. The van der Waals surface area contributed by atoms with Crippen LogP contribution in [0.15, 0.2) is 57.4 Å². The van der Waals surface area contributed by atoms with E-state index in [0.717, 1.165) is 27.9 Å². The zero-order chi connectivity index (χ0) is 21.4. The molecule has 9 heteroatoms. The Labute approximate surface area is 180 Å². The highest BCUT2D eigenvalue weighted by Gasteiger charge is 2.18. The molecule has 5 aromatic rings. The zero-order valence-electron chi connectivity index (χ0n) is 16.4. The number of allylic oxidation sites excluding steroid dienone is 1. The van der Waals surface area contributed by atoms with Gasteiger partial charge in [0.2, 0.25) is 0 Å². The van der Waals surface area contributed by atoms with Gasteiger partial charge in [-0.25, -0.2) is 14.4 Å². The molecular formula is C22H16FN7S. The minimum absolute atomic E-state index is 0.319. The van der Waals surface area contributed by atoms with E-state index in [0.29, 0.717) is 28.0 Å². The van der Waals surface area contributed by atoms with E-state index >= 15 is 0 Å². The molecule has 0 saturated carbocycles. The lowest BCUT2D eigenvalue weighted by atomic mass is 10.0. The van der Waals surface area contributed by atoms with E-state index in [1.54, 1.807) is 23.7 Å². The Morgan fingerprint density at radius 2 is 2.16 bits per heavy atom. The number of thiophene rings is 1. The van der Waals surface area contributed by atoms with E-state index in [1.807, 2.05) is 35.9 Å². The van der Waals surface area contributed by atoms with Gasteiger partial charge < -0.3 is 4.98 Å². The summed E-state index contributed by atoms with van der Waals surface area (Å²) in [6.45, 7) is 5.20. The van der Waals surface area contributed by atoms with Crippen LogP contribution in [0.25, 0.3) is 50.3 Å². The fourth-order valence-corrected chi connectivity index (χ4v) is 4.05. The summed E-state index contributed by atoms with van der Waals surface area (Å²) < 4.78 is 14.8. The Hall–Kier alpha value is -3.98. The van der Waals surface area contributed by atoms with E-state index in [9.17, 15) is 4.39 Å². The number of hydrogen-bond donors (Lipinski definition) is 2. The number of halogens is 1. The van der Waals surface area contributed by atoms with Gasteiger partial charge in [-0.2, -0.15) is 16.4 Å². The van der Waals surface area contributed by atoms with Crippen LogP contribution in [0, 0.1) is 5.82 Å². The summed E-state index contributed by atoms with van der Waals surface area (Å²) in [6.07, 6.45) is 4.68. The molecule has 0 radical (unpaired) electrons. The number of pyridine rings is 1. The van der Waals surface area contributed by atoms with Crippen molar-refractivity contribution in [2.24, 2.45) is 9.98 Å². The van der Waals surface area contributed by atoms with Crippen LogP contribution < -0.4 is 0 Å². The Bertz CT molecular complexity index is 1470. The number of fused-ring (bicyclic) bond motifs is 2. The fraction of sp³-hybridized carbons (Fsp3) is 0.0455. The van der Waals surface area contributed by atoms with Gasteiger partial charge in [-0.05, 0) is 54.4 Å². The molecule has 0 saturated heterocycles. The third-order valence-electron chi connectivity index (χ3n) is 4.92. The highest BCUT2D eigenvalue weighted by atomic mass is 32.1. The highest BCUT2D eigenvalue weighted by Crippen LogP contribution is 2.33. The SMILES string of the molecule is C=N/C=N\C=C(/C)c1cc(F)c2[nH]nc(-c3nc4c(-c5ccsc5)nccc4[nH]3)c2c1. The maximum absolute atomic E-state index is 14.8. The first kappa shape index (κ1) is 19.0. The second-order valence-electron chi connectivity index (χ2n) is 6.87. The van der Waals surface area contributed by atoms with Crippen LogP contribution in [0.4, 0.5) is 4.39 Å². The molecule has 0 fully saturated rings. The lowest BCUT2D eigenvalue weighted by Gasteiger charge is -2.02. The second kappa shape index (κ2) is 7.69. The first-order valence-corrected chi connectivity index (χ1v) is 10.3. The van der Waals surface area contributed by atoms with Gasteiger partial charge in [-0.15, -0.1) is 0 Å². The number of hydrogen-bond acceptors (Lipinski definition) is 5. The van der Waals surface area contributed by atoms with Crippen LogP contribution in [0.2, 0.25) is 0 Å². The van der Waals surface area contributed by atoms with Crippen molar-refractivity contribution in [3.63, 3.8) is 0 Å². The van der Waals surface area contributed by atoms with Crippen LogP contribution >= 0.6 is 11.3 Å². The number of aliphatic imine (C=N–C) groups is 2. The van der Waals surface area contributed by atoms with Crippen molar-refractivity contribution in [1.29, 1.82) is 0 Å². The number of aromatic nitrogens is 5. The standard InChI is InChI=1S/C22H16FN7S/c1-12(9-25-11-24-2)14-7-15-19(16(23)8-14)29-30-20(15)22-27-17-3-5-26-18(21(17)28-22)13-4-6-31-10-13/h3-11H,2H2,1H3,(H,27,28)(H,29,30)/b12-9+,25-11-. The molecule has 2 N–H and O–H groups in total. The predicted octanol–water partition coefficient (Wildman–Crippen LogP) is 5.46. The minimum atomic E-state index is -0.401. The van der Waals surface area contributed by atoms with Gasteiger partial charge >= 0.3 is 0 Å². The quantitative estimate of drug-likeness (QED) is 0.287. The Morgan fingerprint density at radius 3 is 2.97 bits per heavy atom. The van der Waals surface area contributed by atoms with Crippen molar-refractivity contribution in [2.75, 3.05) is 0 Å². The van der Waals surface area contributed by atoms with Gasteiger partial charge in [0.15, 0.2) is 5.82 Å². The molecule has 1 aromatic carbocycles. The van der Waals surface area contributed by atoms with Crippen molar-refractivity contribution in [3.8, 4) is 22.8 Å². The second-order valence-corrected chi connectivity index (χ2v) is 7.65. The molecule has 0 spiro atoms. The number of aromatic amines is 2. The number of imidazole rings is 1. The zero-order valence-corrected chi connectivity index (χ0v) is 17.2. The molecule has 0 unspecified atom stereocenters. The monoisotopic (exact) mass is 429 g/mol. The molecule has 152 valence electrons. The van der Waals surface area contributed by atoms with E-state index in [1.165, 1.54) is 12.4 Å². The summed E-state index contributed by atoms with van der Waals surface area (Å²) in [6, 6.07) is 7.18. The number of nitrogens with zero attached hydrogens (tertiary/aromatic N) is 5. The van der Waals surface area contributed by atoms with Gasteiger partial charge in [0.25, 0.3) is 0 Å². The third-order valence-corrected chi connectivity index (χ3v) is 5.60. The lowest BCUT2D eigenvalue weighted by molar-refractivity contribution is 0.636. The summed E-state index contributed by atoms with van der Waals surface area (Å²) in [5.41, 5.74) is 5.69. The Morgan fingerprint density at radius 1 is 1.26 bits per heavy atom. The topological polar surface area (TPSA) is 95.0 Å². The van der Waals surface area contributed by atoms with Gasteiger partial charge in [0.1, 0.15) is 28.9 Å². The first-order valence-electron chi connectivity index (χ1n) is 9.35. The van der Waals surface area contributed by atoms with Crippen molar-refractivity contribution in [1.82, 2.24) is 25.1 Å². The molecule has 5 rings (SSSR count). The molecule has 0 aliphatic rings. The average molecular weight is 429 g/mol. The number of rotatable bonds is 5. The van der Waals surface area contributed by atoms with Crippen molar-refractivity contribution >= 4 is 51.9 Å². The predicted molar refractivity (Wildman–Crippen MR) is 124 cm³/mol. The fourth-order valence-electron chi connectivity index (χ4n) is 3.41. The molecule has 0 amide bonds. The van der Waals surface area contributed by atoms with Crippen LogP contribution in [-0.4, -0.2) is 38.2 Å². The van der Waals surface area contributed by atoms with Crippen molar-refractivity contribution in [2.45, 2.75) is 6.92 Å². The maximum Gasteiger partial charge on any atom is 0.159 e. The first-order chi connectivity index (χ1) is 15.2. The average Bonchev–Trinajstić information content (AvgIpc) is 3.51. The van der Waals surface area contributed by atoms with E-state index < -0.39 is 5.82 Å². The molecule has 7 nitrogen and oxygen atoms in total. The number of benzene rings is 1. The molecule has 0 atom stereocenters. The summed E-state index contributed by atoms with van der Waals surface area (Å²) >= 11 is 1.60. The van der Waals surface area contributed by atoms with Crippen LogP contribution in [-0.2, 0) is 0 Å². The van der Waals surface area contributed by atoms with Gasteiger partial charge in [0.05, 0.1) is 11.2 Å².